The van der Waals surface area contributed by atoms with E-state index >= 15 is 0 Å². The zero-order valence-corrected chi connectivity index (χ0v) is 14.2. The van der Waals surface area contributed by atoms with Crippen molar-refractivity contribution in [3.63, 3.8) is 0 Å². The van der Waals surface area contributed by atoms with Crippen molar-refractivity contribution < 1.29 is 19.1 Å². The van der Waals surface area contributed by atoms with Crippen LogP contribution in [0.15, 0.2) is 24.3 Å². The molecular weight excluding hydrogens is 296 g/mol. The Balaban J connectivity index is 2.45. The zero-order valence-electron chi connectivity index (χ0n) is 14.2. The van der Waals surface area contributed by atoms with Gasteiger partial charge in [0.05, 0.1) is 13.2 Å². The van der Waals surface area contributed by atoms with Crippen LogP contribution >= 0.6 is 0 Å². The second kappa shape index (κ2) is 9.15. The third-order valence-corrected chi connectivity index (χ3v) is 3.81. The van der Waals surface area contributed by atoms with Crippen molar-refractivity contribution in [3.8, 4) is 5.75 Å². The minimum absolute atomic E-state index is 0.0533. The van der Waals surface area contributed by atoms with E-state index in [0.717, 1.165) is 17.7 Å². The number of methoxy groups -OCH3 is 1. The van der Waals surface area contributed by atoms with Gasteiger partial charge in [0, 0.05) is 0 Å². The smallest absolute Gasteiger partial charge is 0.328 e. The van der Waals surface area contributed by atoms with Crippen molar-refractivity contribution in [2.24, 2.45) is 11.7 Å². The second-order valence-corrected chi connectivity index (χ2v) is 5.60. The first kappa shape index (κ1) is 19.0. The molecule has 3 N–H and O–H groups in total. The number of carbonyl (C=O) groups excluding carboxylic acids is 2. The van der Waals surface area contributed by atoms with Crippen LogP contribution in [0.5, 0.6) is 5.75 Å². The Morgan fingerprint density at radius 1 is 1.22 bits per heavy atom. The van der Waals surface area contributed by atoms with Crippen molar-refractivity contribution in [1.82, 2.24) is 5.32 Å². The van der Waals surface area contributed by atoms with Gasteiger partial charge in [-0.25, -0.2) is 4.79 Å². The lowest BCUT2D eigenvalue weighted by Crippen LogP contribution is -2.50. The van der Waals surface area contributed by atoms with E-state index in [4.69, 9.17) is 15.2 Å². The highest BCUT2D eigenvalue weighted by atomic mass is 16.5. The molecule has 0 bridgehead atoms. The summed E-state index contributed by atoms with van der Waals surface area (Å²) in [6, 6.07) is 5.84. The van der Waals surface area contributed by atoms with E-state index < -0.39 is 18.1 Å². The predicted octanol–water partition coefficient (Wildman–Crippen LogP) is 1.62. The molecule has 0 aliphatic rings. The third-order valence-electron chi connectivity index (χ3n) is 3.81. The second-order valence-electron chi connectivity index (χ2n) is 5.60. The molecule has 0 saturated carbocycles. The summed E-state index contributed by atoms with van der Waals surface area (Å²) < 4.78 is 10.3. The Morgan fingerprint density at radius 2 is 1.83 bits per heavy atom. The molecule has 0 fully saturated rings. The van der Waals surface area contributed by atoms with E-state index in [2.05, 4.69) is 5.32 Å². The molecule has 0 heterocycles. The van der Waals surface area contributed by atoms with Gasteiger partial charge in [-0.15, -0.1) is 0 Å². The first-order valence-electron chi connectivity index (χ1n) is 7.74. The highest BCUT2D eigenvalue weighted by molar-refractivity contribution is 5.87. The minimum Gasteiger partial charge on any atom is -0.497 e. The van der Waals surface area contributed by atoms with Gasteiger partial charge in [0.15, 0.2) is 0 Å². The van der Waals surface area contributed by atoms with E-state index in [-0.39, 0.29) is 18.4 Å². The number of esters is 1. The third kappa shape index (κ3) is 5.90. The van der Waals surface area contributed by atoms with Gasteiger partial charge in [0.1, 0.15) is 18.4 Å². The maximum atomic E-state index is 11.9. The van der Waals surface area contributed by atoms with E-state index in [0.29, 0.717) is 0 Å². The summed E-state index contributed by atoms with van der Waals surface area (Å²) in [6.45, 7) is 5.58. The maximum Gasteiger partial charge on any atom is 0.328 e. The van der Waals surface area contributed by atoms with Crippen molar-refractivity contribution in [1.29, 1.82) is 0 Å². The molecule has 0 aliphatic heterocycles. The number of rotatable bonds is 8. The van der Waals surface area contributed by atoms with Crippen LogP contribution in [0.2, 0.25) is 0 Å². The summed E-state index contributed by atoms with van der Waals surface area (Å²) in [5, 5.41) is 2.59. The molecule has 23 heavy (non-hydrogen) atoms. The molecular formula is C17H26N2O4. The number of benzene rings is 1. The van der Waals surface area contributed by atoms with Gasteiger partial charge in [-0.05, 0) is 30.5 Å². The van der Waals surface area contributed by atoms with Crippen molar-refractivity contribution in [3.05, 3.63) is 29.8 Å². The fourth-order valence-electron chi connectivity index (χ4n) is 1.88. The summed E-state index contributed by atoms with van der Waals surface area (Å²) in [5.74, 6) is -0.0453. The lowest BCUT2D eigenvalue weighted by atomic mass is 9.99. The molecule has 1 rings (SSSR count). The van der Waals surface area contributed by atoms with Gasteiger partial charge in [-0.2, -0.15) is 0 Å². The molecule has 1 aromatic carbocycles. The lowest BCUT2D eigenvalue weighted by Gasteiger charge is -2.20. The number of carbonyl (C=O) groups is 2. The van der Waals surface area contributed by atoms with Crippen LogP contribution in [0, 0.1) is 5.92 Å². The first-order chi connectivity index (χ1) is 10.9. The lowest BCUT2D eigenvalue weighted by molar-refractivity contribution is -0.148. The van der Waals surface area contributed by atoms with Gasteiger partial charge >= 0.3 is 5.97 Å². The Labute approximate surface area is 137 Å². The average molecular weight is 322 g/mol. The molecule has 0 unspecified atom stereocenters. The highest BCUT2D eigenvalue weighted by Crippen LogP contribution is 2.12. The number of amides is 1. The molecule has 3 atom stereocenters. The molecule has 0 aromatic heterocycles. The predicted molar refractivity (Wildman–Crippen MR) is 87.8 cm³/mol. The van der Waals surface area contributed by atoms with Gasteiger partial charge in [-0.3, -0.25) is 4.79 Å². The molecule has 0 radical (unpaired) electrons. The SMILES string of the molecule is CC[C@H](C)[C@H](N)C(=O)N[C@@H](C)C(=O)OCc1ccc(OC)cc1. The normalized spacial score (nSPS) is 14.5. The Morgan fingerprint density at radius 3 is 2.35 bits per heavy atom. The molecule has 0 saturated heterocycles. The molecule has 128 valence electrons. The van der Waals surface area contributed by atoms with Gasteiger partial charge < -0.3 is 20.5 Å². The Hall–Kier alpha value is -2.08. The molecule has 0 spiro atoms. The van der Waals surface area contributed by atoms with Gasteiger partial charge in [0.2, 0.25) is 5.91 Å². The number of nitrogens with one attached hydrogen (secondary N) is 1. The van der Waals surface area contributed by atoms with E-state index in [1.807, 2.05) is 26.0 Å². The summed E-state index contributed by atoms with van der Waals surface area (Å²) in [5.41, 5.74) is 6.68. The Kier molecular flexibility index (Phi) is 7.54. The number of hydrogen-bond donors (Lipinski definition) is 2. The number of nitrogens with two attached hydrogens (primary N) is 1. The summed E-state index contributed by atoms with van der Waals surface area (Å²) in [6.07, 6.45) is 0.797. The Bertz CT molecular complexity index is 516. The number of hydrogen-bond acceptors (Lipinski definition) is 5. The largest absolute Gasteiger partial charge is 0.497 e. The zero-order chi connectivity index (χ0) is 17.4. The quantitative estimate of drug-likeness (QED) is 0.710. The van der Waals surface area contributed by atoms with Crippen LogP contribution in [-0.2, 0) is 20.9 Å². The average Bonchev–Trinajstić information content (AvgIpc) is 2.58. The standard InChI is InChI=1S/C17H26N2O4/c1-5-11(2)15(18)16(20)19-12(3)17(21)23-10-13-6-8-14(22-4)9-7-13/h6-9,11-12,15H,5,10,18H2,1-4H3,(H,19,20)/t11-,12-,15-/m0/s1. The van der Waals surface area contributed by atoms with Crippen LogP contribution in [0.3, 0.4) is 0 Å². The fourth-order valence-corrected chi connectivity index (χ4v) is 1.88. The highest BCUT2D eigenvalue weighted by Gasteiger charge is 2.24. The van der Waals surface area contributed by atoms with E-state index in [9.17, 15) is 9.59 Å². The van der Waals surface area contributed by atoms with Crippen LogP contribution in [0.1, 0.15) is 32.8 Å². The summed E-state index contributed by atoms with van der Waals surface area (Å²) in [7, 11) is 1.59. The van der Waals surface area contributed by atoms with Crippen molar-refractivity contribution in [2.75, 3.05) is 7.11 Å². The van der Waals surface area contributed by atoms with Crippen molar-refractivity contribution in [2.45, 2.75) is 45.9 Å². The topological polar surface area (TPSA) is 90.7 Å². The maximum absolute atomic E-state index is 11.9. The van der Waals surface area contributed by atoms with E-state index in [1.54, 1.807) is 26.2 Å². The summed E-state index contributed by atoms with van der Waals surface area (Å²) >= 11 is 0. The van der Waals surface area contributed by atoms with E-state index in [1.165, 1.54) is 0 Å². The molecule has 0 aliphatic carbocycles. The van der Waals surface area contributed by atoms with Gasteiger partial charge in [-0.1, -0.05) is 32.4 Å². The van der Waals surface area contributed by atoms with Gasteiger partial charge in [0.25, 0.3) is 0 Å². The number of ether oxygens (including phenoxy) is 2. The molecule has 1 amide bonds. The molecule has 6 nitrogen and oxygen atoms in total. The van der Waals surface area contributed by atoms with Crippen LogP contribution < -0.4 is 15.8 Å². The minimum atomic E-state index is -0.740. The van der Waals surface area contributed by atoms with Crippen LogP contribution in [0.4, 0.5) is 0 Å². The first-order valence-corrected chi connectivity index (χ1v) is 7.74. The van der Waals surface area contributed by atoms with Crippen LogP contribution in [-0.4, -0.2) is 31.1 Å². The van der Waals surface area contributed by atoms with Crippen LogP contribution in [0.25, 0.3) is 0 Å². The summed E-state index contributed by atoms with van der Waals surface area (Å²) in [4.78, 5) is 23.9. The molecule has 6 heteroatoms. The monoisotopic (exact) mass is 322 g/mol. The molecule has 1 aromatic rings. The van der Waals surface area contributed by atoms with Crippen molar-refractivity contribution >= 4 is 11.9 Å². The fraction of sp³-hybridized carbons (Fsp3) is 0.529.